The first-order valence-electron chi connectivity index (χ1n) is 6.85. The number of ether oxygens (including phenoxy) is 1. The van der Waals surface area contributed by atoms with Gasteiger partial charge in [0, 0.05) is 6.54 Å². The van der Waals surface area contributed by atoms with Gasteiger partial charge in [-0.1, -0.05) is 20.8 Å². The third-order valence-electron chi connectivity index (χ3n) is 3.47. The molecule has 0 aliphatic carbocycles. The van der Waals surface area contributed by atoms with Crippen molar-refractivity contribution in [1.29, 1.82) is 0 Å². The molecule has 1 heterocycles. The smallest absolute Gasteiger partial charge is 0.405 e. The molecule has 116 valence electrons. The van der Waals surface area contributed by atoms with Gasteiger partial charge in [-0.2, -0.15) is 0 Å². The van der Waals surface area contributed by atoms with Crippen LogP contribution in [0.15, 0.2) is 0 Å². The molecule has 2 amide bonds. The molecule has 1 rings (SSSR count). The summed E-state index contributed by atoms with van der Waals surface area (Å²) in [7, 11) is 0. The topological polar surface area (TPSA) is 105 Å². The van der Waals surface area contributed by atoms with Crippen LogP contribution in [0.1, 0.15) is 33.6 Å². The molecule has 0 radical (unpaired) electrons. The summed E-state index contributed by atoms with van der Waals surface area (Å²) in [6.07, 6.45) is 0.566. The molecule has 0 saturated carbocycles. The van der Waals surface area contributed by atoms with Gasteiger partial charge in [-0.05, 0) is 18.3 Å². The average Bonchev–Trinajstić information content (AvgIpc) is 2.79. The van der Waals surface area contributed by atoms with E-state index in [4.69, 9.17) is 15.6 Å². The number of nitrogens with zero attached hydrogens (tertiary/aromatic N) is 1. The number of amides is 2. The predicted molar refractivity (Wildman–Crippen MR) is 74.1 cm³/mol. The Kier molecular flexibility index (Phi) is 5.76. The number of carboxylic acid groups (broad SMARTS) is 1. The van der Waals surface area contributed by atoms with Gasteiger partial charge in [0.05, 0.1) is 19.4 Å². The van der Waals surface area contributed by atoms with Crippen molar-refractivity contribution in [2.45, 2.75) is 45.7 Å². The highest BCUT2D eigenvalue weighted by Gasteiger charge is 2.39. The number of hydrogen-bond acceptors (Lipinski definition) is 4. The van der Waals surface area contributed by atoms with Gasteiger partial charge >= 0.3 is 6.09 Å². The normalized spacial score (nSPS) is 20.8. The van der Waals surface area contributed by atoms with Crippen LogP contribution in [0.4, 0.5) is 4.79 Å². The first-order chi connectivity index (χ1) is 9.27. The lowest BCUT2D eigenvalue weighted by atomic mass is 9.85. The van der Waals surface area contributed by atoms with Crippen LogP contribution in [0.2, 0.25) is 0 Å². The monoisotopic (exact) mass is 287 g/mol. The van der Waals surface area contributed by atoms with Crippen molar-refractivity contribution >= 4 is 12.0 Å². The summed E-state index contributed by atoms with van der Waals surface area (Å²) in [6, 6.07) is -0.787. The molecule has 0 unspecified atom stereocenters. The van der Waals surface area contributed by atoms with E-state index in [1.54, 1.807) is 4.90 Å². The predicted octanol–water partition coefficient (Wildman–Crippen LogP) is 0.593. The Morgan fingerprint density at radius 1 is 1.50 bits per heavy atom. The minimum absolute atomic E-state index is 0.0218. The van der Waals surface area contributed by atoms with Crippen LogP contribution >= 0.6 is 0 Å². The summed E-state index contributed by atoms with van der Waals surface area (Å²) >= 11 is 0. The van der Waals surface area contributed by atoms with E-state index in [0.717, 1.165) is 12.8 Å². The SMILES string of the molecule is CC(C)(C)[C@H](NC(=O)O)C(=O)N1CCC[C@H]1COCN. The molecule has 1 aliphatic heterocycles. The molecule has 7 heteroatoms. The second-order valence-corrected chi connectivity index (χ2v) is 6.11. The molecule has 1 fully saturated rings. The summed E-state index contributed by atoms with van der Waals surface area (Å²) in [5.41, 5.74) is 4.82. The Morgan fingerprint density at radius 3 is 2.65 bits per heavy atom. The highest BCUT2D eigenvalue weighted by Crippen LogP contribution is 2.25. The zero-order valence-electron chi connectivity index (χ0n) is 12.4. The fourth-order valence-corrected chi connectivity index (χ4v) is 2.44. The van der Waals surface area contributed by atoms with Gasteiger partial charge in [0.1, 0.15) is 6.04 Å². The number of likely N-dealkylation sites (tertiary alicyclic amines) is 1. The first kappa shape index (κ1) is 16.7. The van der Waals surface area contributed by atoms with E-state index in [9.17, 15) is 9.59 Å². The number of rotatable bonds is 5. The van der Waals surface area contributed by atoms with Crippen molar-refractivity contribution in [2.75, 3.05) is 19.9 Å². The fraction of sp³-hybridized carbons (Fsp3) is 0.846. The van der Waals surface area contributed by atoms with E-state index in [1.807, 2.05) is 20.8 Å². The van der Waals surface area contributed by atoms with Crippen LogP contribution in [-0.2, 0) is 9.53 Å². The van der Waals surface area contributed by atoms with E-state index >= 15 is 0 Å². The van der Waals surface area contributed by atoms with Crippen molar-refractivity contribution in [3.63, 3.8) is 0 Å². The van der Waals surface area contributed by atoms with Crippen LogP contribution in [0, 0.1) is 5.41 Å². The van der Waals surface area contributed by atoms with Gasteiger partial charge in [0.2, 0.25) is 5.91 Å². The van der Waals surface area contributed by atoms with E-state index in [0.29, 0.717) is 13.2 Å². The molecular weight excluding hydrogens is 262 g/mol. The maximum absolute atomic E-state index is 12.6. The van der Waals surface area contributed by atoms with Crippen molar-refractivity contribution < 1.29 is 19.4 Å². The van der Waals surface area contributed by atoms with Crippen LogP contribution < -0.4 is 11.1 Å². The largest absolute Gasteiger partial charge is 0.465 e. The highest BCUT2D eigenvalue weighted by atomic mass is 16.5. The zero-order valence-corrected chi connectivity index (χ0v) is 12.4. The number of nitrogens with two attached hydrogens (primary N) is 1. The molecule has 0 aromatic heterocycles. The fourth-order valence-electron chi connectivity index (χ4n) is 2.44. The molecule has 1 aliphatic rings. The van der Waals surface area contributed by atoms with Crippen LogP contribution in [-0.4, -0.2) is 54.0 Å². The van der Waals surface area contributed by atoms with Gasteiger partial charge in [-0.25, -0.2) is 4.79 Å². The third kappa shape index (κ3) is 4.35. The van der Waals surface area contributed by atoms with E-state index in [2.05, 4.69) is 5.32 Å². The van der Waals surface area contributed by atoms with Crippen LogP contribution in [0.5, 0.6) is 0 Å². The molecule has 0 spiro atoms. The van der Waals surface area contributed by atoms with E-state index < -0.39 is 17.6 Å². The number of nitrogens with one attached hydrogen (secondary N) is 1. The van der Waals surface area contributed by atoms with Crippen molar-refractivity contribution in [1.82, 2.24) is 10.2 Å². The summed E-state index contributed by atoms with van der Waals surface area (Å²) in [4.78, 5) is 25.2. The summed E-state index contributed by atoms with van der Waals surface area (Å²) in [5, 5.41) is 11.3. The standard InChI is InChI=1S/C13H25N3O4/c1-13(2,3)10(15-12(18)19)11(17)16-6-4-5-9(16)7-20-8-14/h9-10,15H,4-8,14H2,1-3H3,(H,18,19)/t9-,10+/m0/s1. The van der Waals surface area contributed by atoms with E-state index in [-0.39, 0.29) is 18.7 Å². The Hall–Kier alpha value is -1.34. The van der Waals surface area contributed by atoms with Crippen molar-refractivity contribution in [3.05, 3.63) is 0 Å². The molecule has 7 nitrogen and oxygen atoms in total. The van der Waals surface area contributed by atoms with Gasteiger partial charge in [0.25, 0.3) is 0 Å². The second kappa shape index (κ2) is 6.90. The van der Waals surface area contributed by atoms with Gasteiger partial charge in [0.15, 0.2) is 0 Å². The average molecular weight is 287 g/mol. The molecule has 20 heavy (non-hydrogen) atoms. The Bertz CT molecular complexity index is 354. The molecule has 0 aromatic carbocycles. The molecule has 0 bridgehead atoms. The Balaban J connectivity index is 2.80. The van der Waals surface area contributed by atoms with Gasteiger partial charge < -0.3 is 25.8 Å². The molecule has 2 atom stereocenters. The summed E-state index contributed by atoms with van der Waals surface area (Å²) in [5.74, 6) is -0.192. The highest BCUT2D eigenvalue weighted by molar-refractivity contribution is 5.86. The van der Waals surface area contributed by atoms with Gasteiger partial charge in [-0.3, -0.25) is 4.79 Å². The van der Waals surface area contributed by atoms with Crippen LogP contribution in [0.3, 0.4) is 0 Å². The minimum Gasteiger partial charge on any atom is -0.465 e. The lowest BCUT2D eigenvalue weighted by Crippen LogP contribution is -2.56. The van der Waals surface area contributed by atoms with Crippen molar-refractivity contribution in [2.24, 2.45) is 11.1 Å². The summed E-state index contributed by atoms with van der Waals surface area (Å²) < 4.78 is 5.19. The number of carbonyl (C=O) groups is 2. The zero-order chi connectivity index (χ0) is 15.3. The lowest BCUT2D eigenvalue weighted by Gasteiger charge is -2.35. The first-order valence-corrected chi connectivity index (χ1v) is 6.85. The molecule has 4 N–H and O–H groups in total. The van der Waals surface area contributed by atoms with Crippen LogP contribution in [0.25, 0.3) is 0 Å². The van der Waals surface area contributed by atoms with Crippen molar-refractivity contribution in [3.8, 4) is 0 Å². The lowest BCUT2D eigenvalue weighted by molar-refractivity contribution is -0.137. The second-order valence-electron chi connectivity index (χ2n) is 6.11. The maximum Gasteiger partial charge on any atom is 0.405 e. The number of hydrogen-bond donors (Lipinski definition) is 3. The molecule has 0 aromatic rings. The van der Waals surface area contributed by atoms with Gasteiger partial charge in [-0.15, -0.1) is 0 Å². The Morgan fingerprint density at radius 2 is 2.15 bits per heavy atom. The summed E-state index contributed by atoms with van der Waals surface area (Å²) in [6.45, 7) is 6.67. The molecule has 1 saturated heterocycles. The van der Waals surface area contributed by atoms with E-state index in [1.165, 1.54) is 0 Å². The maximum atomic E-state index is 12.6. The third-order valence-corrected chi connectivity index (χ3v) is 3.47. The Labute approximate surface area is 119 Å². The minimum atomic E-state index is -1.19. The number of carbonyl (C=O) groups excluding carboxylic acids is 1. The molecular formula is C13H25N3O4. The quantitative estimate of drug-likeness (QED) is 0.642.